The molecule has 1 amide bonds. The Morgan fingerprint density at radius 2 is 1.64 bits per heavy atom. The van der Waals surface area contributed by atoms with Gasteiger partial charge in [0.1, 0.15) is 24.4 Å². The zero-order valence-corrected chi connectivity index (χ0v) is 13.3. The van der Waals surface area contributed by atoms with E-state index in [1.807, 2.05) is 27.7 Å². The summed E-state index contributed by atoms with van der Waals surface area (Å²) in [5.74, 6) is -1.73. The minimum atomic E-state index is -0.741. The lowest BCUT2D eigenvalue weighted by Gasteiger charge is -2.37. The first-order valence-electron chi connectivity index (χ1n) is 7.48. The van der Waals surface area contributed by atoms with Gasteiger partial charge in [-0.1, -0.05) is 6.58 Å². The van der Waals surface area contributed by atoms with Crippen molar-refractivity contribution >= 4 is 5.91 Å². The predicted molar refractivity (Wildman–Crippen MR) is 75.7 cm³/mol. The number of carbonyl (C=O) groups is 1. The molecule has 0 aromatic heterocycles. The van der Waals surface area contributed by atoms with Gasteiger partial charge >= 0.3 is 0 Å². The van der Waals surface area contributed by atoms with Gasteiger partial charge in [0, 0.05) is 6.54 Å². The molecule has 3 rings (SSSR count). The first-order chi connectivity index (χ1) is 10.2. The number of amides is 1. The van der Waals surface area contributed by atoms with E-state index >= 15 is 0 Å². The van der Waals surface area contributed by atoms with Crippen molar-refractivity contribution < 1.29 is 28.5 Å². The van der Waals surface area contributed by atoms with Crippen molar-refractivity contribution in [2.45, 2.75) is 70.0 Å². The fourth-order valence-electron chi connectivity index (χ4n) is 3.13. The third-order valence-electron chi connectivity index (χ3n) is 3.91. The van der Waals surface area contributed by atoms with E-state index < -0.39 is 17.9 Å². The van der Waals surface area contributed by atoms with Gasteiger partial charge in [-0.25, -0.2) is 0 Å². The van der Waals surface area contributed by atoms with Crippen LogP contribution in [0.5, 0.6) is 0 Å². The minimum absolute atomic E-state index is 0.260. The minimum Gasteiger partial charge on any atom is -0.350 e. The molecular weight excluding hydrogens is 290 g/mol. The van der Waals surface area contributed by atoms with Crippen LogP contribution in [0.1, 0.15) is 27.7 Å². The average Bonchev–Trinajstić information content (AvgIpc) is 2.89. The van der Waals surface area contributed by atoms with Crippen LogP contribution in [0, 0.1) is 0 Å². The van der Waals surface area contributed by atoms with Crippen molar-refractivity contribution in [1.82, 2.24) is 5.32 Å². The van der Waals surface area contributed by atoms with E-state index in [0.717, 1.165) is 0 Å². The van der Waals surface area contributed by atoms with E-state index in [1.54, 1.807) is 0 Å². The average molecular weight is 313 g/mol. The second-order valence-electron chi connectivity index (χ2n) is 6.66. The highest BCUT2D eigenvalue weighted by atomic mass is 16.9. The molecule has 3 saturated heterocycles. The van der Waals surface area contributed by atoms with Gasteiger partial charge in [-0.2, -0.15) is 0 Å². The number of rotatable bonds is 3. The summed E-state index contributed by atoms with van der Waals surface area (Å²) in [6, 6.07) is 0. The molecule has 0 saturated carbocycles. The first-order valence-corrected chi connectivity index (χ1v) is 7.48. The smallest absolute Gasteiger partial charge is 0.243 e. The summed E-state index contributed by atoms with van der Waals surface area (Å²) in [7, 11) is 0. The van der Waals surface area contributed by atoms with Gasteiger partial charge in [0.15, 0.2) is 17.9 Å². The first kappa shape index (κ1) is 15.9. The van der Waals surface area contributed by atoms with Crippen LogP contribution in [0.3, 0.4) is 0 Å². The molecule has 7 heteroatoms. The van der Waals surface area contributed by atoms with Crippen LogP contribution in [-0.4, -0.2) is 54.7 Å². The van der Waals surface area contributed by atoms with Gasteiger partial charge < -0.3 is 29.0 Å². The maximum atomic E-state index is 11.4. The van der Waals surface area contributed by atoms with Crippen LogP contribution in [0.2, 0.25) is 0 Å². The number of fused-ring (bicyclic) bond motifs is 3. The Balaban J connectivity index is 1.77. The molecule has 0 aromatic rings. The second-order valence-corrected chi connectivity index (χ2v) is 6.66. The zero-order valence-electron chi connectivity index (χ0n) is 13.3. The number of nitrogens with one attached hydrogen (secondary N) is 1. The zero-order chi connectivity index (χ0) is 16.1. The molecule has 3 heterocycles. The number of carbonyl (C=O) groups excluding carboxylic acids is 1. The molecule has 3 aliphatic rings. The van der Waals surface area contributed by atoms with Crippen LogP contribution < -0.4 is 5.32 Å². The molecule has 3 aliphatic heterocycles. The molecule has 1 N–H and O–H groups in total. The van der Waals surface area contributed by atoms with Gasteiger partial charge in [-0.3, -0.25) is 4.79 Å². The molecule has 0 radical (unpaired) electrons. The maximum absolute atomic E-state index is 11.4. The summed E-state index contributed by atoms with van der Waals surface area (Å²) in [5.41, 5.74) is 0. The van der Waals surface area contributed by atoms with Gasteiger partial charge in [-0.05, 0) is 33.8 Å². The molecule has 0 spiro atoms. The normalized spacial score (nSPS) is 41.5. The third-order valence-corrected chi connectivity index (χ3v) is 3.91. The summed E-state index contributed by atoms with van der Waals surface area (Å²) in [6.45, 7) is 11.1. The number of ether oxygens (including phenoxy) is 5. The van der Waals surface area contributed by atoms with Crippen LogP contribution in [0.15, 0.2) is 12.7 Å². The molecule has 0 aromatic carbocycles. The lowest BCUT2D eigenvalue weighted by atomic mass is 9.99. The van der Waals surface area contributed by atoms with Gasteiger partial charge in [-0.15, -0.1) is 0 Å². The second kappa shape index (κ2) is 5.28. The van der Waals surface area contributed by atoms with Crippen LogP contribution in [-0.2, 0) is 28.5 Å². The van der Waals surface area contributed by atoms with Gasteiger partial charge in [0.2, 0.25) is 5.91 Å². The molecule has 5 atom stereocenters. The topological polar surface area (TPSA) is 75.3 Å². The Labute approximate surface area is 129 Å². The molecule has 0 unspecified atom stereocenters. The fraction of sp³-hybridized carbons (Fsp3) is 0.800. The van der Waals surface area contributed by atoms with Crippen molar-refractivity contribution in [3.8, 4) is 0 Å². The fourth-order valence-corrected chi connectivity index (χ4v) is 3.13. The predicted octanol–water partition coefficient (Wildman–Crippen LogP) is 0.685. The quantitative estimate of drug-likeness (QED) is 0.773. The number of hydrogen-bond donors (Lipinski definition) is 1. The monoisotopic (exact) mass is 313 g/mol. The van der Waals surface area contributed by atoms with E-state index in [-0.39, 0.29) is 30.3 Å². The van der Waals surface area contributed by atoms with Crippen molar-refractivity contribution in [3.63, 3.8) is 0 Å². The van der Waals surface area contributed by atoms with E-state index in [1.165, 1.54) is 6.08 Å². The Kier molecular flexibility index (Phi) is 3.81. The van der Waals surface area contributed by atoms with Crippen molar-refractivity contribution in [1.29, 1.82) is 0 Å². The summed E-state index contributed by atoms with van der Waals surface area (Å²) < 4.78 is 29.6. The Morgan fingerprint density at radius 1 is 1.05 bits per heavy atom. The maximum Gasteiger partial charge on any atom is 0.243 e. The van der Waals surface area contributed by atoms with Crippen molar-refractivity contribution in [3.05, 3.63) is 12.7 Å². The highest BCUT2D eigenvalue weighted by Crippen LogP contribution is 2.43. The van der Waals surface area contributed by atoms with Crippen LogP contribution >= 0.6 is 0 Å². The molecule has 0 bridgehead atoms. The van der Waals surface area contributed by atoms with E-state index in [0.29, 0.717) is 6.54 Å². The molecule has 0 aliphatic carbocycles. The SMILES string of the molecule is C=CC(=O)NC[C@H]1O[C@@H]2OC(C)(C)O[C@@H]2[C@H]2OC(C)(C)O[C@H]21. The molecule has 22 heavy (non-hydrogen) atoms. The molecule has 124 valence electrons. The summed E-state index contributed by atoms with van der Waals surface area (Å²) in [4.78, 5) is 11.4. The van der Waals surface area contributed by atoms with Crippen LogP contribution in [0.25, 0.3) is 0 Å². The largest absolute Gasteiger partial charge is 0.350 e. The Bertz CT molecular complexity index is 477. The Morgan fingerprint density at radius 3 is 2.32 bits per heavy atom. The molecular formula is C15H23NO6. The lowest BCUT2D eigenvalue weighted by molar-refractivity contribution is -0.232. The summed E-state index contributed by atoms with van der Waals surface area (Å²) >= 11 is 0. The van der Waals surface area contributed by atoms with Crippen molar-refractivity contribution in [2.75, 3.05) is 6.54 Å². The molecule has 7 nitrogen and oxygen atoms in total. The Hall–Kier alpha value is -0.990. The van der Waals surface area contributed by atoms with E-state index in [9.17, 15) is 4.79 Å². The highest BCUT2D eigenvalue weighted by molar-refractivity contribution is 5.86. The van der Waals surface area contributed by atoms with Crippen molar-refractivity contribution in [2.24, 2.45) is 0 Å². The summed E-state index contributed by atoms with van der Waals surface area (Å²) in [6.07, 6.45) is -0.695. The van der Waals surface area contributed by atoms with Gasteiger partial charge in [0.05, 0.1) is 0 Å². The standard InChI is InChI=1S/C15H23NO6/c1-6-9(17)16-7-8-10-11(20-14(2,3)19-10)12-13(18-8)22-15(4,5)21-12/h6,8,10-13H,1,7H2,2-5H3,(H,16,17)/t8-,10+,11+,12-,13-/m1/s1. The lowest BCUT2D eigenvalue weighted by Crippen LogP contribution is -2.57. The van der Waals surface area contributed by atoms with E-state index in [2.05, 4.69) is 11.9 Å². The number of hydrogen-bond acceptors (Lipinski definition) is 6. The van der Waals surface area contributed by atoms with Crippen LogP contribution in [0.4, 0.5) is 0 Å². The van der Waals surface area contributed by atoms with E-state index in [4.69, 9.17) is 23.7 Å². The molecule has 3 fully saturated rings. The van der Waals surface area contributed by atoms with Gasteiger partial charge in [0.25, 0.3) is 0 Å². The summed E-state index contributed by atoms with van der Waals surface area (Å²) in [5, 5.41) is 2.73. The highest BCUT2D eigenvalue weighted by Gasteiger charge is 2.60. The third kappa shape index (κ3) is 2.91.